The van der Waals surface area contributed by atoms with Gasteiger partial charge in [0, 0.05) is 55.6 Å². The van der Waals surface area contributed by atoms with Gasteiger partial charge in [0.25, 0.3) is 0 Å². The Bertz CT molecular complexity index is 535. The van der Waals surface area contributed by atoms with Crippen molar-refractivity contribution in [1.29, 1.82) is 0 Å². The van der Waals surface area contributed by atoms with Crippen LogP contribution in [0.15, 0.2) is 49.1 Å². The largest absolute Gasteiger partial charge is 0.371 e. The summed E-state index contributed by atoms with van der Waals surface area (Å²) >= 11 is 0. The molecular formula is C17H22N4. The number of piperidine rings is 1. The van der Waals surface area contributed by atoms with E-state index in [9.17, 15) is 0 Å². The monoisotopic (exact) mass is 282 g/mol. The number of nitrogens with one attached hydrogen (secondary N) is 1. The molecule has 1 unspecified atom stereocenters. The van der Waals surface area contributed by atoms with Crippen LogP contribution in [0.5, 0.6) is 0 Å². The molecule has 0 amide bonds. The highest BCUT2D eigenvalue weighted by Crippen LogP contribution is 2.21. The van der Waals surface area contributed by atoms with Crippen molar-refractivity contribution in [3.8, 4) is 0 Å². The van der Waals surface area contributed by atoms with Crippen molar-refractivity contribution < 1.29 is 0 Å². The lowest BCUT2D eigenvalue weighted by molar-refractivity contribution is 0.380. The molecule has 0 bridgehead atoms. The van der Waals surface area contributed by atoms with Crippen molar-refractivity contribution in [1.82, 2.24) is 15.3 Å². The molecule has 0 aliphatic carbocycles. The van der Waals surface area contributed by atoms with Crippen LogP contribution < -0.4 is 10.2 Å². The summed E-state index contributed by atoms with van der Waals surface area (Å²) in [5.41, 5.74) is 2.54. The van der Waals surface area contributed by atoms with Gasteiger partial charge in [-0.05, 0) is 43.5 Å². The Balaban J connectivity index is 1.52. The molecule has 1 saturated heterocycles. The van der Waals surface area contributed by atoms with Crippen molar-refractivity contribution in [3.63, 3.8) is 0 Å². The van der Waals surface area contributed by atoms with Crippen LogP contribution in [0.2, 0.25) is 0 Å². The number of anilines is 1. The highest BCUT2D eigenvalue weighted by molar-refractivity contribution is 5.44. The predicted octanol–water partition coefficient (Wildman–Crippen LogP) is 2.80. The predicted molar refractivity (Wildman–Crippen MR) is 85.3 cm³/mol. The van der Waals surface area contributed by atoms with E-state index in [0.29, 0.717) is 12.1 Å². The number of aromatic nitrogens is 2. The smallest absolute Gasteiger partial charge is 0.0397 e. The maximum Gasteiger partial charge on any atom is 0.0397 e. The molecule has 4 heteroatoms. The first-order valence-electron chi connectivity index (χ1n) is 7.64. The molecule has 21 heavy (non-hydrogen) atoms. The quantitative estimate of drug-likeness (QED) is 0.936. The lowest BCUT2D eigenvalue weighted by atomic mass is 10.0. The first-order chi connectivity index (χ1) is 10.3. The lowest BCUT2D eigenvalue weighted by Crippen LogP contribution is -2.43. The van der Waals surface area contributed by atoms with E-state index in [1.807, 2.05) is 30.9 Å². The Hall–Kier alpha value is -1.94. The number of nitrogens with zero attached hydrogens (tertiary/aromatic N) is 3. The summed E-state index contributed by atoms with van der Waals surface area (Å²) in [4.78, 5) is 10.7. The third kappa shape index (κ3) is 3.58. The first-order valence-corrected chi connectivity index (χ1v) is 7.64. The Morgan fingerprint density at radius 3 is 2.52 bits per heavy atom. The van der Waals surface area contributed by atoms with E-state index in [2.05, 4.69) is 45.3 Å². The minimum Gasteiger partial charge on any atom is -0.371 e. The summed E-state index contributed by atoms with van der Waals surface area (Å²) in [6.07, 6.45) is 9.85. The summed E-state index contributed by atoms with van der Waals surface area (Å²) in [5, 5.41) is 3.73. The lowest BCUT2D eigenvalue weighted by Gasteiger charge is -2.35. The number of hydrogen-bond acceptors (Lipinski definition) is 4. The van der Waals surface area contributed by atoms with Crippen molar-refractivity contribution in [2.75, 3.05) is 18.0 Å². The molecule has 1 atom stereocenters. The van der Waals surface area contributed by atoms with Crippen LogP contribution >= 0.6 is 0 Å². The highest BCUT2D eigenvalue weighted by atomic mass is 15.1. The van der Waals surface area contributed by atoms with Crippen LogP contribution in [0.25, 0.3) is 0 Å². The van der Waals surface area contributed by atoms with Gasteiger partial charge in [0.05, 0.1) is 0 Å². The third-order valence-electron chi connectivity index (χ3n) is 4.19. The molecule has 0 spiro atoms. The average Bonchev–Trinajstić information content (AvgIpc) is 2.57. The SMILES string of the molecule is CC(NC1CCN(c2ccncc2)CC1)c1cccnc1. The van der Waals surface area contributed by atoms with E-state index < -0.39 is 0 Å². The highest BCUT2D eigenvalue weighted by Gasteiger charge is 2.21. The van der Waals surface area contributed by atoms with Crippen LogP contribution in [-0.4, -0.2) is 29.1 Å². The molecule has 3 rings (SSSR count). The minimum atomic E-state index is 0.358. The van der Waals surface area contributed by atoms with Gasteiger partial charge in [0.1, 0.15) is 0 Å². The molecule has 0 aromatic carbocycles. The second-order valence-electron chi connectivity index (χ2n) is 5.64. The molecule has 0 saturated carbocycles. The van der Waals surface area contributed by atoms with E-state index in [1.165, 1.54) is 24.1 Å². The second-order valence-corrected chi connectivity index (χ2v) is 5.64. The topological polar surface area (TPSA) is 41.0 Å². The number of hydrogen-bond donors (Lipinski definition) is 1. The Morgan fingerprint density at radius 1 is 1.10 bits per heavy atom. The maximum atomic E-state index is 4.20. The van der Waals surface area contributed by atoms with Crippen molar-refractivity contribution in [2.45, 2.75) is 31.8 Å². The van der Waals surface area contributed by atoms with E-state index in [0.717, 1.165) is 13.1 Å². The standard InChI is InChI=1S/C17H22N4/c1-14(15-3-2-8-19-13-15)20-16-6-11-21(12-7-16)17-4-9-18-10-5-17/h2-5,8-10,13-14,16,20H,6-7,11-12H2,1H3. The van der Waals surface area contributed by atoms with Gasteiger partial charge in [-0.25, -0.2) is 0 Å². The molecule has 1 N–H and O–H groups in total. The fourth-order valence-corrected chi connectivity index (χ4v) is 2.94. The minimum absolute atomic E-state index is 0.358. The van der Waals surface area contributed by atoms with Crippen LogP contribution in [-0.2, 0) is 0 Å². The van der Waals surface area contributed by atoms with Gasteiger partial charge in [-0.1, -0.05) is 6.07 Å². The zero-order valence-corrected chi connectivity index (χ0v) is 12.4. The Kier molecular flexibility index (Phi) is 4.46. The van der Waals surface area contributed by atoms with Gasteiger partial charge in [0.15, 0.2) is 0 Å². The number of rotatable bonds is 4. The van der Waals surface area contributed by atoms with E-state index >= 15 is 0 Å². The third-order valence-corrected chi connectivity index (χ3v) is 4.19. The Morgan fingerprint density at radius 2 is 1.86 bits per heavy atom. The van der Waals surface area contributed by atoms with Gasteiger partial charge >= 0.3 is 0 Å². The van der Waals surface area contributed by atoms with Crippen LogP contribution in [0.1, 0.15) is 31.4 Å². The van der Waals surface area contributed by atoms with Crippen LogP contribution in [0.3, 0.4) is 0 Å². The van der Waals surface area contributed by atoms with E-state index in [-0.39, 0.29) is 0 Å². The fraction of sp³-hybridized carbons (Fsp3) is 0.412. The van der Waals surface area contributed by atoms with Crippen molar-refractivity contribution >= 4 is 5.69 Å². The first kappa shape index (κ1) is 14.0. The van der Waals surface area contributed by atoms with E-state index in [4.69, 9.17) is 0 Å². The molecule has 1 fully saturated rings. The van der Waals surface area contributed by atoms with Gasteiger partial charge < -0.3 is 10.2 Å². The van der Waals surface area contributed by atoms with Gasteiger partial charge in [-0.3, -0.25) is 9.97 Å². The summed E-state index contributed by atoms with van der Waals surface area (Å²) in [7, 11) is 0. The second kappa shape index (κ2) is 6.68. The molecule has 1 aliphatic heterocycles. The van der Waals surface area contributed by atoms with Crippen molar-refractivity contribution in [2.24, 2.45) is 0 Å². The molecule has 2 aromatic rings. The number of pyridine rings is 2. The summed E-state index contributed by atoms with van der Waals surface area (Å²) in [5.74, 6) is 0. The van der Waals surface area contributed by atoms with Crippen LogP contribution in [0.4, 0.5) is 5.69 Å². The van der Waals surface area contributed by atoms with Gasteiger partial charge in [0.2, 0.25) is 0 Å². The maximum absolute atomic E-state index is 4.20. The van der Waals surface area contributed by atoms with Crippen LogP contribution in [0, 0.1) is 0 Å². The summed E-state index contributed by atoms with van der Waals surface area (Å²) in [6, 6.07) is 9.25. The van der Waals surface area contributed by atoms with Crippen molar-refractivity contribution in [3.05, 3.63) is 54.6 Å². The molecular weight excluding hydrogens is 260 g/mol. The zero-order valence-electron chi connectivity index (χ0n) is 12.4. The van der Waals surface area contributed by atoms with Gasteiger partial charge in [-0.15, -0.1) is 0 Å². The molecule has 3 heterocycles. The zero-order chi connectivity index (χ0) is 14.5. The summed E-state index contributed by atoms with van der Waals surface area (Å²) in [6.45, 7) is 4.41. The molecule has 1 aliphatic rings. The fourth-order valence-electron chi connectivity index (χ4n) is 2.94. The Labute approximate surface area is 126 Å². The normalized spacial score (nSPS) is 17.7. The van der Waals surface area contributed by atoms with E-state index in [1.54, 1.807) is 0 Å². The summed E-state index contributed by atoms with van der Waals surface area (Å²) < 4.78 is 0. The average molecular weight is 282 g/mol. The molecule has 2 aromatic heterocycles. The molecule has 4 nitrogen and oxygen atoms in total. The van der Waals surface area contributed by atoms with Gasteiger partial charge in [-0.2, -0.15) is 0 Å². The molecule has 0 radical (unpaired) electrons. The molecule has 110 valence electrons.